The summed E-state index contributed by atoms with van der Waals surface area (Å²) in [5.74, 6) is -0.287. The maximum absolute atomic E-state index is 13.0. The number of piperidine rings is 1. The van der Waals surface area contributed by atoms with Gasteiger partial charge in [-0.05, 0) is 49.2 Å². The number of hydrogen-bond acceptors (Lipinski definition) is 5. The van der Waals surface area contributed by atoms with Gasteiger partial charge in [-0.3, -0.25) is 0 Å². The minimum Gasteiger partial charge on any atom is -0.332 e. The average molecular weight is 418 g/mol. The first-order valence-electron chi connectivity index (χ1n) is 9.11. The van der Waals surface area contributed by atoms with Gasteiger partial charge in [0.05, 0.1) is 10.6 Å². The highest BCUT2D eigenvalue weighted by Gasteiger charge is 2.25. The Bertz CT molecular complexity index is 1040. The van der Waals surface area contributed by atoms with Crippen molar-refractivity contribution in [3.8, 4) is 11.3 Å². The third-order valence-electron chi connectivity index (χ3n) is 4.70. The topological polar surface area (TPSA) is 62.3 Å². The highest BCUT2D eigenvalue weighted by molar-refractivity contribution is 7.89. The molecule has 5 nitrogen and oxygen atoms in total. The molecule has 146 valence electrons. The second-order valence-corrected chi connectivity index (χ2v) is 9.45. The molecule has 1 aliphatic rings. The van der Waals surface area contributed by atoms with E-state index in [1.165, 1.54) is 23.5 Å². The Balaban J connectivity index is 1.49. The fraction of sp³-hybridized carbons (Fsp3) is 0.250. The number of rotatable bonds is 5. The van der Waals surface area contributed by atoms with E-state index in [-0.39, 0.29) is 5.82 Å². The first-order chi connectivity index (χ1) is 13.5. The van der Waals surface area contributed by atoms with Gasteiger partial charge in [0.15, 0.2) is 5.13 Å². The summed E-state index contributed by atoms with van der Waals surface area (Å²) in [6.45, 7) is 1.18. The van der Waals surface area contributed by atoms with Crippen molar-refractivity contribution in [3.05, 3.63) is 59.7 Å². The number of benzene rings is 2. The molecule has 1 aliphatic heterocycles. The van der Waals surface area contributed by atoms with Crippen LogP contribution >= 0.6 is 11.3 Å². The van der Waals surface area contributed by atoms with Crippen LogP contribution in [-0.4, -0.2) is 30.8 Å². The number of nitrogens with one attached hydrogen (secondary N) is 1. The van der Waals surface area contributed by atoms with Crippen LogP contribution in [0, 0.1) is 5.82 Å². The standard InChI is InChI=1S/C20H20FN3O2S2/c21-16-6-8-17(9-7-16)22-20-23-19(14-27-20)15-4-10-18(11-5-15)28(25,26)24-12-2-1-3-13-24/h4-11,14H,1-3,12-13H2,(H,22,23). The lowest BCUT2D eigenvalue weighted by molar-refractivity contribution is 0.346. The molecule has 1 fully saturated rings. The Morgan fingerprint density at radius 1 is 0.964 bits per heavy atom. The number of halogens is 1. The number of thiazole rings is 1. The predicted molar refractivity (Wildman–Crippen MR) is 110 cm³/mol. The Morgan fingerprint density at radius 3 is 2.32 bits per heavy atom. The van der Waals surface area contributed by atoms with Crippen LogP contribution in [-0.2, 0) is 10.0 Å². The molecule has 1 N–H and O–H groups in total. The molecule has 3 aromatic rings. The number of aromatic nitrogens is 1. The van der Waals surface area contributed by atoms with E-state index in [0.717, 1.165) is 36.2 Å². The van der Waals surface area contributed by atoms with Crippen LogP contribution in [0.25, 0.3) is 11.3 Å². The van der Waals surface area contributed by atoms with Gasteiger partial charge < -0.3 is 5.32 Å². The third kappa shape index (κ3) is 4.09. The second-order valence-electron chi connectivity index (χ2n) is 6.66. The molecule has 0 saturated carbocycles. The van der Waals surface area contributed by atoms with Gasteiger partial charge in [0.25, 0.3) is 0 Å². The summed E-state index contributed by atoms with van der Waals surface area (Å²) >= 11 is 1.43. The first-order valence-corrected chi connectivity index (χ1v) is 11.4. The van der Waals surface area contributed by atoms with Gasteiger partial charge in [-0.15, -0.1) is 11.3 Å². The van der Waals surface area contributed by atoms with E-state index in [9.17, 15) is 12.8 Å². The minimum absolute atomic E-state index is 0.287. The smallest absolute Gasteiger partial charge is 0.243 e. The van der Waals surface area contributed by atoms with Gasteiger partial charge in [-0.1, -0.05) is 18.6 Å². The molecular formula is C20H20FN3O2S2. The molecule has 0 amide bonds. The van der Waals surface area contributed by atoms with Gasteiger partial charge in [0.2, 0.25) is 10.0 Å². The van der Waals surface area contributed by atoms with Gasteiger partial charge in [-0.25, -0.2) is 17.8 Å². The Morgan fingerprint density at radius 2 is 1.64 bits per heavy atom. The molecule has 0 aliphatic carbocycles. The highest BCUT2D eigenvalue weighted by atomic mass is 32.2. The summed E-state index contributed by atoms with van der Waals surface area (Å²) in [5, 5.41) is 5.73. The van der Waals surface area contributed by atoms with E-state index in [1.807, 2.05) is 5.38 Å². The number of nitrogens with zero attached hydrogens (tertiary/aromatic N) is 2. The predicted octanol–water partition coefficient (Wildman–Crippen LogP) is 4.87. The molecule has 1 saturated heterocycles. The van der Waals surface area contributed by atoms with Crippen molar-refractivity contribution in [2.75, 3.05) is 18.4 Å². The SMILES string of the molecule is O=S(=O)(c1ccc(-c2csc(Nc3ccc(F)cc3)n2)cc1)N1CCCCC1. The molecule has 0 atom stereocenters. The zero-order valence-corrected chi connectivity index (χ0v) is 16.8. The number of hydrogen-bond donors (Lipinski definition) is 1. The molecular weight excluding hydrogens is 397 g/mol. The Labute approximate surface area is 167 Å². The largest absolute Gasteiger partial charge is 0.332 e. The lowest BCUT2D eigenvalue weighted by Crippen LogP contribution is -2.35. The van der Waals surface area contributed by atoms with Gasteiger partial charge >= 0.3 is 0 Å². The Kier molecular flexibility index (Phi) is 5.43. The summed E-state index contributed by atoms with van der Waals surface area (Å²) < 4.78 is 40.1. The molecule has 8 heteroatoms. The summed E-state index contributed by atoms with van der Waals surface area (Å²) in [4.78, 5) is 4.85. The average Bonchev–Trinajstić information content (AvgIpc) is 3.19. The van der Waals surface area contributed by atoms with Crippen LogP contribution in [0.2, 0.25) is 0 Å². The lowest BCUT2D eigenvalue weighted by atomic mass is 10.2. The van der Waals surface area contributed by atoms with Crippen molar-refractivity contribution in [3.63, 3.8) is 0 Å². The van der Waals surface area contributed by atoms with E-state index < -0.39 is 10.0 Å². The molecule has 1 aromatic heterocycles. The quantitative estimate of drug-likeness (QED) is 0.643. The van der Waals surface area contributed by atoms with E-state index in [0.29, 0.717) is 23.1 Å². The zero-order chi connectivity index (χ0) is 19.6. The number of sulfonamides is 1. The maximum Gasteiger partial charge on any atom is 0.243 e. The van der Waals surface area contributed by atoms with Crippen LogP contribution in [0.1, 0.15) is 19.3 Å². The van der Waals surface area contributed by atoms with Crippen molar-refractivity contribution >= 4 is 32.2 Å². The lowest BCUT2D eigenvalue weighted by Gasteiger charge is -2.25. The normalized spacial score (nSPS) is 15.5. The molecule has 0 unspecified atom stereocenters. The molecule has 0 bridgehead atoms. The highest BCUT2D eigenvalue weighted by Crippen LogP contribution is 2.29. The van der Waals surface area contributed by atoms with Gasteiger partial charge in [0.1, 0.15) is 5.82 Å². The fourth-order valence-corrected chi connectivity index (χ4v) is 5.43. The summed E-state index contributed by atoms with van der Waals surface area (Å²) in [5.41, 5.74) is 2.36. The minimum atomic E-state index is -3.43. The third-order valence-corrected chi connectivity index (χ3v) is 7.37. The Hall–Kier alpha value is -2.29. The van der Waals surface area contributed by atoms with Crippen LogP contribution in [0.4, 0.5) is 15.2 Å². The van der Waals surface area contributed by atoms with Crippen molar-refractivity contribution in [2.45, 2.75) is 24.2 Å². The van der Waals surface area contributed by atoms with E-state index in [4.69, 9.17) is 0 Å². The second kappa shape index (κ2) is 7.98. The maximum atomic E-state index is 13.0. The monoisotopic (exact) mass is 417 g/mol. The number of anilines is 2. The summed E-state index contributed by atoms with van der Waals surface area (Å²) in [6.07, 6.45) is 2.92. The van der Waals surface area contributed by atoms with Gasteiger partial charge in [0, 0.05) is 29.7 Å². The van der Waals surface area contributed by atoms with E-state index >= 15 is 0 Å². The van der Waals surface area contributed by atoms with Crippen molar-refractivity contribution in [2.24, 2.45) is 0 Å². The summed E-state index contributed by atoms with van der Waals surface area (Å²) in [6, 6.07) is 12.9. The summed E-state index contributed by atoms with van der Waals surface area (Å²) in [7, 11) is -3.43. The van der Waals surface area contributed by atoms with Crippen LogP contribution in [0.3, 0.4) is 0 Å². The molecule has 28 heavy (non-hydrogen) atoms. The molecule has 4 rings (SSSR count). The molecule has 0 spiro atoms. The molecule has 2 heterocycles. The van der Waals surface area contributed by atoms with Crippen LogP contribution in [0.15, 0.2) is 58.8 Å². The van der Waals surface area contributed by atoms with Crippen molar-refractivity contribution in [1.82, 2.24) is 9.29 Å². The van der Waals surface area contributed by atoms with Crippen molar-refractivity contribution in [1.29, 1.82) is 0 Å². The van der Waals surface area contributed by atoms with E-state index in [2.05, 4.69) is 10.3 Å². The van der Waals surface area contributed by atoms with Crippen LogP contribution < -0.4 is 5.32 Å². The zero-order valence-electron chi connectivity index (χ0n) is 15.1. The van der Waals surface area contributed by atoms with Crippen molar-refractivity contribution < 1.29 is 12.8 Å². The fourth-order valence-electron chi connectivity index (χ4n) is 3.17. The van der Waals surface area contributed by atoms with Crippen LogP contribution in [0.5, 0.6) is 0 Å². The molecule has 0 radical (unpaired) electrons. The molecule has 2 aromatic carbocycles. The first kappa shape index (κ1) is 19.0. The van der Waals surface area contributed by atoms with Gasteiger partial charge in [-0.2, -0.15) is 4.31 Å². The van der Waals surface area contributed by atoms with E-state index in [1.54, 1.807) is 40.7 Å².